The van der Waals surface area contributed by atoms with Crippen molar-refractivity contribution in [2.24, 2.45) is 0 Å². The first-order valence-corrected chi connectivity index (χ1v) is 14.6. The van der Waals surface area contributed by atoms with Gasteiger partial charge in [-0.3, -0.25) is 9.69 Å². The Balaban J connectivity index is 1.33. The van der Waals surface area contributed by atoms with E-state index in [0.29, 0.717) is 39.1 Å². The molecule has 9 nitrogen and oxygen atoms in total. The maximum absolute atomic E-state index is 14.6. The minimum atomic E-state index is -0.948. The molecule has 0 spiro atoms. The average molecular weight is 570 g/mol. The predicted molar refractivity (Wildman–Crippen MR) is 160 cm³/mol. The van der Waals surface area contributed by atoms with Crippen molar-refractivity contribution >= 4 is 28.2 Å². The molecule has 0 aliphatic carbocycles. The molecular weight excluding hydrogens is 533 g/mol. The Bertz CT molecular complexity index is 1510. The number of piperazine rings is 1. The second kappa shape index (κ2) is 11.9. The summed E-state index contributed by atoms with van der Waals surface area (Å²) < 4.78 is 20.7. The summed E-state index contributed by atoms with van der Waals surface area (Å²) >= 11 is 0. The summed E-state index contributed by atoms with van der Waals surface area (Å²) in [5, 5.41) is 11.9. The second-order valence-electron chi connectivity index (χ2n) is 11.3. The molecule has 2 saturated heterocycles. The van der Waals surface area contributed by atoms with Crippen LogP contribution < -0.4 is 14.5 Å². The van der Waals surface area contributed by atoms with E-state index in [2.05, 4.69) is 58.8 Å². The molecule has 3 atom stereocenters. The molecule has 2 aromatic carbocycles. The van der Waals surface area contributed by atoms with Gasteiger partial charge in [-0.1, -0.05) is 43.0 Å². The first kappa shape index (κ1) is 27.9. The number of rotatable bonds is 7. The van der Waals surface area contributed by atoms with Gasteiger partial charge in [-0.15, -0.1) is 0 Å². The molecule has 218 valence electrons. The van der Waals surface area contributed by atoms with Crippen molar-refractivity contribution in [3.8, 4) is 12.1 Å². The van der Waals surface area contributed by atoms with Crippen molar-refractivity contribution in [2.75, 3.05) is 56.2 Å². The van der Waals surface area contributed by atoms with Gasteiger partial charge < -0.3 is 19.4 Å². The molecule has 2 fully saturated rings. The molecule has 1 amide bonds. The Kier molecular flexibility index (Phi) is 7.94. The van der Waals surface area contributed by atoms with Crippen LogP contribution in [0, 0.1) is 11.3 Å². The van der Waals surface area contributed by atoms with Gasteiger partial charge >= 0.3 is 6.01 Å². The third kappa shape index (κ3) is 5.37. The summed E-state index contributed by atoms with van der Waals surface area (Å²) in [4.78, 5) is 30.4. The van der Waals surface area contributed by atoms with Crippen LogP contribution in [0.15, 0.2) is 55.1 Å². The minimum absolute atomic E-state index is 0.168. The number of anilines is 2. The normalized spacial score (nSPS) is 22.6. The molecule has 0 bridgehead atoms. The lowest BCUT2D eigenvalue weighted by Crippen LogP contribution is -2.55. The second-order valence-corrected chi connectivity index (χ2v) is 11.3. The molecule has 10 heteroatoms. The standard InChI is InChI=1S/C32H36FN7O2/c1-3-30(41)40-18-17-39(19-23(40)11-14-34)31-25-12-16-38(28-10-6-8-22-7-4-5-9-24(22)28)20-27(25)35-32(36-31)42-21-29-26(33)13-15-37(29)2/h3-10,23,26,29H,1,11-13,15-21H2,2H3/t23-,26+,29+/m0/s1. The van der Waals surface area contributed by atoms with Crippen LogP contribution in [0.4, 0.5) is 15.9 Å². The number of nitrogens with zero attached hydrogens (tertiary/aromatic N) is 7. The van der Waals surface area contributed by atoms with Crippen molar-refractivity contribution in [3.63, 3.8) is 0 Å². The van der Waals surface area contributed by atoms with E-state index in [4.69, 9.17) is 14.7 Å². The fourth-order valence-electron chi connectivity index (χ4n) is 6.49. The fraction of sp³-hybridized carbons (Fsp3) is 0.438. The minimum Gasteiger partial charge on any atom is -0.462 e. The summed E-state index contributed by atoms with van der Waals surface area (Å²) in [6.45, 7) is 7.38. The summed E-state index contributed by atoms with van der Waals surface area (Å²) in [7, 11) is 1.91. The van der Waals surface area contributed by atoms with E-state index in [1.807, 2.05) is 18.0 Å². The monoisotopic (exact) mass is 569 g/mol. The van der Waals surface area contributed by atoms with Crippen molar-refractivity contribution in [1.82, 2.24) is 19.8 Å². The molecule has 6 rings (SSSR count). The number of nitriles is 1. The van der Waals surface area contributed by atoms with Crippen LogP contribution in [0.3, 0.4) is 0 Å². The molecule has 4 heterocycles. The topological polar surface area (TPSA) is 88.8 Å². The fourth-order valence-corrected chi connectivity index (χ4v) is 6.49. The van der Waals surface area contributed by atoms with E-state index in [0.717, 1.165) is 35.7 Å². The quantitative estimate of drug-likeness (QED) is 0.398. The largest absolute Gasteiger partial charge is 0.462 e. The molecule has 3 aliphatic rings. The van der Waals surface area contributed by atoms with E-state index in [9.17, 15) is 14.4 Å². The number of aromatic nitrogens is 2. The SMILES string of the molecule is C=CC(=O)N1CCN(c2nc(OC[C@@H]3[C@H](F)CCN3C)nc3c2CCN(c2cccc4ccccc24)C3)C[C@@H]1CC#N. The molecule has 1 aromatic heterocycles. The molecule has 42 heavy (non-hydrogen) atoms. The van der Waals surface area contributed by atoms with E-state index in [-0.39, 0.29) is 37.0 Å². The van der Waals surface area contributed by atoms with Crippen molar-refractivity contribution in [2.45, 2.75) is 44.1 Å². The molecule has 3 aliphatic heterocycles. The van der Waals surface area contributed by atoms with Crippen LogP contribution in [0.1, 0.15) is 24.1 Å². The van der Waals surface area contributed by atoms with Crippen molar-refractivity contribution in [3.05, 3.63) is 66.4 Å². The number of hydrogen-bond donors (Lipinski definition) is 0. The smallest absolute Gasteiger partial charge is 0.318 e. The molecule has 0 saturated carbocycles. The van der Waals surface area contributed by atoms with Gasteiger partial charge in [0.1, 0.15) is 18.6 Å². The van der Waals surface area contributed by atoms with Crippen LogP contribution in [0.5, 0.6) is 6.01 Å². The number of ether oxygens (including phenoxy) is 1. The number of amides is 1. The zero-order valence-corrected chi connectivity index (χ0v) is 24.0. The predicted octanol–water partition coefficient (Wildman–Crippen LogP) is 3.73. The van der Waals surface area contributed by atoms with E-state index in [1.54, 1.807) is 4.90 Å². The Labute approximate surface area is 245 Å². The Morgan fingerprint density at radius 1 is 1.14 bits per heavy atom. The van der Waals surface area contributed by atoms with Gasteiger partial charge in [-0.2, -0.15) is 15.2 Å². The lowest BCUT2D eigenvalue weighted by atomic mass is 10.0. The maximum Gasteiger partial charge on any atom is 0.318 e. The molecule has 0 unspecified atom stereocenters. The number of likely N-dealkylation sites (tertiary alicyclic amines) is 1. The third-order valence-corrected chi connectivity index (χ3v) is 8.82. The Morgan fingerprint density at radius 2 is 1.98 bits per heavy atom. The zero-order valence-electron chi connectivity index (χ0n) is 24.0. The summed E-state index contributed by atoms with van der Waals surface area (Å²) in [6, 6.07) is 16.6. The summed E-state index contributed by atoms with van der Waals surface area (Å²) in [5.74, 6) is 0.605. The number of likely N-dealkylation sites (N-methyl/N-ethyl adjacent to an activating group) is 1. The molecule has 0 N–H and O–H groups in total. The number of hydrogen-bond acceptors (Lipinski definition) is 8. The highest BCUT2D eigenvalue weighted by atomic mass is 19.1. The number of fused-ring (bicyclic) bond motifs is 2. The average Bonchev–Trinajstić information content (AvgIpc) is 3.34. The van der Waals surface area contributed by atoms with Crippen LogP contribution in [-0.2, 0) is 17.8 Å². The van der Waals surface area contributed by atoms with Gasteiger partial charge in [0.05, 0.1) is 36.8 Å². The first-order chi connectivity index (χ1) is 20.5. The van der Waals surface area contributed by atoms with Gasteiger partial charge in [0.15, 0.2) is 0 Å². The molecule has 0 radical (unpaired) electrons. The highest BCUT2D eigenvalue weighted by Gasteiger charge is 2.35. The third-order valence-electron chi connectivity index (χ3n) is 8.82. The first-order valence-electron chi connectivity index (χ1n) is 14.6. The summed E-state index contributed by atoms with van der Waals surface area (Å²) in [5.41, 5.74) is 3.09. The van der Waals surface area contributed by atoms with Crippen molar-refractivity contribution in [1.29, 1.82) is 5.26 Å². The van der Waals surface area contributed by atoms with Crippen LogP contribution >= 0.6 is 0 Å². The number of benzene rings is 2. The molecule has 3 aromatic rings. The van der Waals surface area contributed by atoms with Gasteiger partial charge in [-0.05, 0) is 37.4 Å². The number of carbonyl (C=O) groups is 1. The highest BCUT2D eigenvalue weighted by molar-refractivity contribution is 5.94. The van der Waals surface area contributed by atoms with Crippen molar-refractivity contribution < 1.29 is 13.9 Å². The lowest BCUT2D eigenvalue weighted by molar-refractivity contribution is -0.128. The molecular formula is C32H36FN7O2. The van der Waals surface area contributed by atoms with E-state index >= 15 is 0 Å². The Hall–Kier alpha value is -4.23. The van der Waals surface area contributed by atoms with E-state index in [1.165, 1.54) is 16.8 Å². The highest BCUT2D eigenvalue weighted by Crippen LogP contribution is 2.35. The van der Waals surface area contributed by atoms with E-state index < -0.39 is 6.17 Å². The Morgan fingerprint density at radius 3 is 2.76 bits per heavy atom. The number of halogens is 1. The number of alkyl halides is 1. The van der Waals surface area contributed by atoms with Gasteiger partial charge in [0.2, 0.25) is 5.91 Å². The van der Waals surface area contributed by atoms with Gasteiger partial charge in [-0.25, -0.2) is 4.39 Å². The van der Waals surface area contributed by atoms with Crippen LogP contribution in [-0.4, -0.2) is 90.3 Å². The van der Waals surface area contributed by atoms with Gasteiger partial charge in [0.25, 0.3) is 0 Å². The van der Waals surface area contributed by atoms with Crippen LogP contribution in [0.25, 0.3) is 10.8 Å². The maximum atomic E-state index is 14.6. The lowest BCUT2D eigenvalue weighted by Gasteiger charge is -2.42. The summed E-state index contributed by atoms with van der Waals surface area (Å²) in [6.07, 6.45) is 1.80. The van der Waals surface area contributed by atoms with Crippen LogP contribution in [0.2, 0.25) is 0 Å². The van der Waals surface area contributed by atoms with Gasteiger partial charge in [0, 0.05) is 49.4 Å². The number of carbonyl (C=O) groups excluding carboxylic acids is 1. The zero-order chi connectivity index (χ0) is 29.2.